The summed E-state index contributed by atoms with van der Waals surface area (Å²) in [6.07, 6.45) is 3.28. The fourth-order valence-corrected chi connectivity index (χ4v) is 1.70. The van der Waals surface area contributed by atoms with Gasteiger partial charge < -0.3 is 5.11 Å². The second-order valence-electron chi connectivity index (χ2n) is 4.96. The summed E-state index contributed by atoms with van der Waals surface area (Å²) in [6.45, 7) is 4.66. The van der Waals surface area contributed by atoms with E-state index in [2.05, 4.69) is 15.0 Å². The van der Waals surface area contributed by atoms with Crippen molar-refractivity contribution in [1.29, 1.82) is 0 Å². The van der Waals surface area contributed by atoms with E-state index in [0.717, 1.165) is 0 Å². The molecule has 0 aliphatic rings. The monoisotopic (exact) mass is 275 g/mol. The van der Waals surface area contributed by atoms with Gasteiger partial charge >= 0.3 is 0 Å². The van der Waals surface area contributed by atoms with Crippen LogP contribution in [0.5, 0.6) is 0 Å². The largest absolute Gasteiger partial charge is 0.382 e. The summed E-state index contributed by atoms with van der Waals surface area (Å²) in [5, 5.41) is 9.88. The summed E-state index contributed by atoms with van der Waals surface area (Å²) in [4.78, 5) is 22.9. The van der Waals surface area contributed by atoms with Gasteiger partial charge in [0.25, 0.3) is 0 Å². The molecule has 6 heteroatoms. The van der Waals surface area contributed by atoms with Gasteiger partial charge in [0.05, 0.1) is 11.3 Å². The maximum atomic E-state index is 14.2. The van der Waals surface area contributed by atoms with Crippen LogP contribution in [0.4, 0.5) is 4.39 Å². The quantitative estimate of drug-likeness (QED) is 0.867. The van der Waals surface area contributed by atoms with E-state index in [1.165, 1.54) is 32.3 Å². The van der Waals surface area contributed by atoms with Crippen LogP contribution < -0.4 is 0 Å². The average Bonchev–Trinajstić information content (AvgIpc) is 2.38. The standard InChI is InChI=1S/C14H14FN3O2/c1-8-6-17-12(11(15)9(8)7-19)10-4-5-16-13(18-10)14(2,3)20/h4-7,20H,1-3H3. The van der Waals surface area contributed by atoms with E-state index < -0.39 is 11.4 Å². The zero-order valence-corrected chi connectivity index (χ0v) is 11.4. The predicted molar refractivity (Wildman–Crippen MR) is 70.6 cm³/mol. The van der Waals surface area contributed by atoms with Crippen molar-refractivity contribution in [3.63, 3.8) is 0 Å². The smallest absolute Gasteiger partial charge is 0.161 e. The number of carbonyl (C=O) groups excluding carboxylic acids is 1. The Bertz CT molecular complexity index is 666. The van der Waals surface area contributed by atoms with Crippen molar-refractivity contribution in [2.45, 2.75) is 26.4 Å². The lowest BCUT2D eigenvalue weighted by Gasteiger charge is -2.15. The Morgan fingerprint density at radius 1 is 1.35 bits per heavy atom. The van der Waals surface area contributed by atoms with Crippen LogP contribution in [-0.4, -0.2) is 26.3 Å². The third-order valence-corrected chi connectivity index (χ3v) is 2.82. The fourth-order valence-electron chi connectivity index (χ4n) is 1.70. The second-order valence-corrected chi connectivity index (χ2v) is 4.96. The number of halogens is 1. The summed E-state index contributed by atoms with van der Waals surface area (Å²) in [5.41, 5.74) is -0.648. The van der Waals surface area contributed by atoms with Crippen molar-refractivity contribution in [2.24, 2.45) is 0 Å². The van der Waals surface area contributed by atoms with Crippen LogP contribution in [0.2, 0.25) is 0 Å². The van der Waals surface area contributed by atoms with Crippen LogP contribution in [-0.2, 0) is 5.60 Å². The van der Waals surface area contributed by atoms with Gasteiger partial charge in [-0.15, -0.1) is 0 Å². The second kappa shape index (κ2) is 5.05. The molecule has 0 aliphatic carbocycles. The molecule has 104 valence electrons. The number of carbonyl (C=O) groups is 1. The Morgan fingerprint density at radius 3 is 2.65 bits per heavy atom. The van der Waals surface area contributed by atoms with E-state index in [4.69, 9.17) is 0 Å². The summed E-state index contributed by atoms with van der Waals surface area (Å²) < 4.78 is 14.2. The molecule has 0 spiro atoms. The molecule has 0 atom stereocenters. The van der Waals surface area contributed by atoms with Crippen molar-refractivity contribution in [3.05, 3.63) is 41.2 Å². The minimum atomic E-state index is -1.25. The van der Waals surface area contributed by atoms with Crippen molar-refractivity contribution < 1.29 is 14.3 Å². The summed E-state index contributed by atoms with van der Waals surface area (Å²) in [6, 6.07) is 1.48. The number of nitrogens with zero attached hydrogens (tertiary/aromatic N) is 3. The predicted octanol–water partition coefficient (Wildman–Crippen LogP) is 2.03. The molecule has 0 radical (unpaired) electrons. The molecule has 0 bridgehead atoms. The molecule has 2 heterocycles. The lowest BCUT2D eigenvalue weighted by Crippen LogP contribution is -2.19. The fraction of sp³-hybridized carbons (Fsp3) is 0.286. The highest BCUT2D eigenvalue weighted by molar-refractivity contribution is 5.79. The van der Waals surface area contributed by atoms with E-state index in [1.807, 2.05) is 0 Å². The van der Waals surface area contributed by atoms with Crippen LogP contribution in [0.1, 0.15) is 35.6 Å². The molecule has 0 aliphatic heterocycles. The first-order valence-electron chi connectivity index (χ1n) is 6.01. The molecule has 1 N–H and O–H groups in total. The summed E-state index contributed by atoms with van der Waals surface area (Å²) >= 11 is 0. The number of hydrogen-bond donors (Lipinski definition) is 1. The topological polar surface area (TPSA) is 76.0 Å². The zero-order chi connectivity index (χ0) is 14.9. The lowest BCUT2D eigenvalue weighted by molar-refractivity contribution is 0.0688. The Hall–Kier alpha value is -2.21. The van der Waals surface area contributed by atoms with Crippen molar-refractivity contribution in [2.75, 3.05) is 0 Å². The maximum absolute atomic E-state index is 14.2. The SMILES string of the molecule is Cc1cnc(-c2ccnc(C(C)(C)O)n2)c(F)c1C=O. The molecule has 0 saturated heterocycles. The van der Waals surface area contributed by atoms with Crippen molar-refractivity contribution in [3.8, 4) is 11.4 Å². The minimum absolute atomic E-state index is 0.0365. The molecular weight excluding hydrogens is 261 g/mol. The molecule has 5 nitrogen and oxygen atoms in total. The number of rotatable bonds is 3. The molecule has 20 heavy (non-hydrogen) atoms. The molecule has 0 unspecified atom stereocenters. The van der Waals surface area contributed by atoms with Crippen LogP contribution in [0.15, 0.2) is 18.5 Å². The normalized spacial score (nSPS) is 11.4. The van der Waals surface area contributed by atoms with Gasteiger partial charge in [-0.05, 0) is 32.4 Å². The van der Waals surface area contributed by atoms with Crippen LogP contribution in [0.25, 0.3) is 11.4 Å². The average molecular weight is 275 g/mol. The van der Waals surface area contributed by atoms with E-state index in [1.54, 1.807) is 6.92 Å². The van der Waals surface area contributed by atoms with Gasteiger partial charge in [-0.2, -0.15) is 0 Å². The Kier molecular flexibility index (Phi) is 3.59. The van der Waals surface area contributed by atoms with Gasteiger partial charge in [-0.1, -0.05) is 0 Å². The van der Waals surface area contributed by atoms with Gasteiger partial charge in [0.1, 0.15) is 11.3 Å². The number of aromatic nitrogens is 3. The maximum Gasteiger partial charge on any atom is 0.161 e. The molecule has 0 amide bonds. The van der Waals surface area contributed by atoms with Crippen LogP contribution in [0, 0.1) is 12.7 Å². The van der Waals surface area contributed by atoms with E-state index >= 15 is 0 Å². The number of aldehydes is 1. The first-order chi connectivity index (χ1) is 9.34. The van der Waals surface area contributed by atoms with E-state index in [0.29, 0.717) is 11.8 Å². The molecule has 0 saturated carbocycles. The highest BCUT2D eigenvalue weighted by atomic mass is 19.1. The van der Waals surface area contributed by atoms with E-state index in [-0.39, 0.29) is 22.8 Å². The molecule has 2 aromatic rings. The van der Waals surface area contributed by atoms with Crippen molar-refractivity contribution >= 4 is 6.29 Å². The van der Waals surface area contributed by atoms with Gasteiger partial charge in [0, 0.05) is 12.4 Å². The molecule has 2 aromatic heterocycles. The first kappa shape index (κ1) is 14.2. The Morgan fingerprint density at radius 2 is 2.05 bits per heavy atom. The Balaban J connectivity index is 2.61. The summed E-state index contributed by atoms with van der Waals surface area (Å²) in [5.74, 6) is -0.565. The third kappa shape index (κ3) is 2.55. The number of hydrogen-bond acceptors (Lipinski definition) is 5. The van der Waals surface area contributed by atoms with Crippen LogP contribution in [0.3, 0.4) is 0 Å². The third-order valence-electron chi connectivity index (χ3n) is 2.82. The highest BCUT2D eigenvalue weighted by Crippen LogP contribution is 2.24. The van der Waals surface area contributed by atoms with Crippen molar-refractivity contribution in [1.82, 2.24) is 15.0 Å². The van der Waals surface area contributed by atoms with Gasteiger partial charge in [0.2, 0.25) is 0 Å². The number of aliphatic hydroxyl groups is 1. The molecular formula is C14H14FN3O2. The lowest BCUT2D eigenvalue weighted by atomic mass is 10.1. The highest BCUT2D eigenvalue weighted by Gasteiger charge is 2.22. The minimum Gasteiger partial charge on any atom is -0.382 e. The zero-order valence-electron chi connectivity index (χ0n) is 11.4. The van der Waals surface area contributed by atoms with E-state index in [9.17, 15) is 14.3 Å². The van der Waals surface area contributed by atoms with Crippen LogP contribution >= 0.6 is 0 Å². The van der Waals surface area contributed by atoms with Gasteiger partial charge in [-0.25, -0.2) is 14.4 Å². The molecule has 2 rings (SSSR count). The molecule has 0 fully saturated rings. The molecule has 0 aromatic carbocycles. The summed E-state index contributed by atoms with van der Waals surface area (Å²) in [7, 11) is 0. The van der Waals surface area contributed by atoms with Gasteiger partial charge in [-0.3, -0.25) is 9.78 Å². The number of pyridine rings is 1. The number of aryl methyl sites for hydroxylation is 1. The first-order valence-corrected chi connectivity index (χ1v) is 6.01. The Labute approximate surface area is 115 Å². The van der Waals surface area contributed by atoms with Gasteiger partial charge in [0.15, 0.2) is 17.9 Å².